The third kappa shape index (κ3) is 3.87. The molecule has 0 unspecified atom stereocenters. The first-order valence-electron chi connectivity index (χ1n) is 8.28. The highest BCUT2D eigenvalue weighted by Crippen LogP contribution is 2.34. The molecule has 0 spiro atoms. The molecule has 1 aliphatic heterocycles. The average Bonchev–Trinajstić information content (AvgIpc) is 3.27. The molecule has 9 heteroatoms. The van der Waals surface area contributed by atoms with Crippen molar-refractivity contribution in [1.82, 2.24) is 20.2 Å². The maximum absolute atomic E-state index is 12.3. The second-order valence-corrected chi connectivity index (χ2v) is 7.07. The molecule has 2 heterocycles. The van der Waals surface area contributed by atoms with Crippen LogP contribution in [0.3, 0.4) is 0 Å². The normalized spacial score (nSPS) is 12.2. The maximum atomic E-state index is 12.3. The van der Waals surface area contributed by atoms with Gasteiger partial charge in [-0.2, -0.15) is 4.68 Å². The SMILES string of the molecule is Cc1cc(C)cc(NC(=O)CSc2nnnn2-c2ccc3c(c2)OCO3)c1. The zero-order valence-electron chi connectivity index (χ0n) is 14.8. The average molecular weight is 383 g/mol. The summed E-state index contributed by atoms with van der Waals surface area (Å²) in [6.07, 6.45) is 0. The van der Waals surface area contributed by atoms with E-state index in [0.717, 1.165) is 22.5 Å². The van der Waals surface area contributed by atoms with Crippen LogP contribution in [0.1, 0.15) is 11.1 Å². The number of carbonyl (C=O) groups is 1. The first kappa shape index (κ1) is 17.3. The Morgan fingerprint density at radius 3 is 2.74 bits per heavy atom. The standard InChI is InChI=1S/C18H17N5O3S/c1-11-5-12(2)7-13(6-11)19-17(24)9-27-18-20-21-22-23(18)14-3-4-15-16(8-14)26-10-25-15/h3-8H,9-10H2,1-2H3,(H,19,24). The minimum absolute atomic E-state index is 0.120. The van der Waals surface area contributed by atoms with Gasteiger partial charge in [0.25, 0.3) is 0 Å². The Kier molecular flexibility index (Phi) is 4.68. The summed E-state index contributed by atoms with van der Waals surface area (Å²) in [5, 5.41) is 15.1. The smallest absolute Gasteiger partial charge is 0.234 e. The topological polar surface area (TPSA) is 91.2 Å². The number of nitrogens with zero attached hydrogens (tertiary/aromatic N) is 4. The van der Waals surface area contributed by atoms with E-state index in [4.69, 9.17) is 9.47 Å². The molecule has 4 rings (SSSR count). The molecule has 3 aromatic rings. The first-order chi connectivity index (χ1) is 13.1. The van der Waals surface area contributed by atoms with Crippen molar-refractivity contribution >= 4 is 23.4 Å². The van der Waals surface area contributed by atoms with Crippen LogP contribution < -0.4 is 14.8 Å². The fourth-order valence-corrected chi connectivity index (χ4v) is 3.51. The summed E-state index contributed by atoms with van der Waals surface area (Å²) in [6.45, 7) is 4.20. The molecule has 0 atom stereocenters. The Morgan fingerprint density at radius 2 is 1.93 bits per heavy atom. The van der Waals surface area contributed by atoms with E-state index in [1.807, 2.05) is 32.0 Å². The van der Waals surface area contributed by atoms with Crippen molar-refractivity contribution in [3.63, 3.8) is 0 Å². The number of benzene rings is 2. The number of hydrogen-bond donors (Lipinski definition) is 1. The van der Waals surface area contributed by atoms with E-state index in [1.165, 1.54) is 11.8 Å². The Morgan fingerprint density at radius 1 is 1.15 bits per heavy atom. The summed E-state index contributed by atoms with van der Waals surface area (Å²) in [5.74, 6) is 1.41. The van der Waals surface area contributed by atoms with E-state index in [2.05, 4.69) is 26.9 Å². The highest BCUT2D eigenvalue weighted by atomic mass is 32.2. The van der Waals surface area contributed by atoms with Gasteiger partial charge in [0.15, 0.2) is 11.5 Å². The van der Waals surface area contributed by atoms with E-state index in [9.17, 15) is 4.79 Å². The lowest BCUT2D eigenvalue weighted by Crippen LogP contribution is -2.14. The van der Waals surface area contributed by atoms with Crippen molar-refractivity contribution < 1.29 is 14.3 Å². The molecule has 0 fully saturated rings. The van der Waals surface area contributed by atoms with Crippen LogP contribution in [0.4, 0.5) is 5.69 Å². The van der Waals surface area contributed by atoms with Gasteiger partial charge in [-0.1, -0.05) is 17.8 Å². The molecule has 0 saturated carbocycles. The summed E-state index contributed by atoms with van der Waals surface area (Å²) in [6, 6.07) is 11.4. The summed E-state index contributed by atoms with van der Waals surface area (Å²) in [4.78, 5) is 12.3. The van der Waals surface area contributed by atoms with Crippen LogP contribution >= 0.6 is 11.8 Å². The minimum Gasteiger partial charge on any atom is -0.454 e. The fourth-order valence-electron chi connectivity index (χ4n) is 2.82. The molecule has 1 aliphatic rings. The number of nitrogens with one attached hydrogen (secondary N) is 1. The van der Waals surface area contributed by atoms with Gasteiger partial charge >= 0.3 is 0 Å². The van der Waals surface area contributed by atoms with Crippen molar-refractivity contribution in [3.8, 4) is 17.2 Å². The van der Waals surface area contributed by atoms with Crippen LogP contribution in [0, 0.1) is 13.8 Å². The number of carbonyl (C=O) groups excluding carboxylic acids is 1. The number of tetrazole rings is 1. The second-order valence-electron chi connectivity index (χ2n) is 6.12. The summed E-state index contributed by atoms with van der Waals surface area (Å²) in [5.41, 5.74) is 3.73. The molecule has 2 aromatic carbocycles. The molecule has 8 nitrogen and oxygen atoms in total. The van der Waals surface area contributed by atoms with Gasteiger partial charge in [-0.3, -0.25) is 4.79 Å². The molecule has 0 bridgehead atoms. The van der Waals surface area contributed by atoms with Crippen LogP contribution in [0.25, 0.3) is 5.69 Å². The van der Waals surface area contributed by atoms with Gasteiger partial charge in [-0.25, -0.2) is 0 Å². The monoisotopic (exact) mass is 383 g/mol. The summed E-state index contributed by atoms with van der Waals surface area (Å²) in [7, 11) is 0. The lowest BCUT2D eigenvalue weighted by atomic mass is 10.1. The van der Waals surface area contributed by atoms with Gasteiger partial charge in [-0.05, 0) is 59.7 Å². The van der Waals surface area contributed by atoms with Crippen molar-refractivity contribution in [3.05, 3.63) is 47.5 Å². The molecular formula is C18H17N5O3S. The second kappa shape index (κ2) is 7.28. The molecule has 138 valence electrons. The lowest BCUT2D eigenvalue weighted by molar-refractivity contribution is -0.113. The van der Waals surface area contributed by atoms with Crippen LogP contribution in [0.5, 0.6) is 11.5 Å². The molecule has 1 amide bonds. The van der Waals surface area contributed by atoms with Gasteiger partial charge in [0.1, 0.15) is 0 Å². The number of hydrogen-bond acceptors (Lipinski definition) is 7. The lowest BCUT2D eigenvalue weighted by Gasteiger charge is -2.08. The Labute approximate surface area is 159 Å². The van der Waals surface area contributed by atoms with E-state index in [-0.39, 0.29) is 18.5 Å². The van der Waals surface area contributed by atoms with E-state index in [1.54, 1.807) is 16.8 Å². The Hall–Kier alpha value is -3.07. The fraction of sp³-hybridized carbons (Fsp3) is 0.222. The van der Waals surface area contributed by atoms with Crippen LogP contribution in [-0.4, -0.2) is 38.7 Å². The number of fused-ring (bicyclic) bond motifs is 1. The van der Waals surface area contributed by atoms with Crippen LogP contribution in [0.15, 0.2) is 41.6 Å². The van der Waals surface area contributed by atoms with Crippen molar-refractivity contribution in [2.24, 2.45) is 0 Å². The Bertz CT molecular complexity index is 984. The molecule has 1 aromatic heterocycles. The molecule has 1 N–H and O–H groups in total. The number of amides is 1. The first-order valence-corrected chi connectivity index (χ1v) is 9.26. The van der Waals surface area contributed by atoms with Gasteiger partial charge in [0, 0.05) is 11.8 Å². The zero-order valence-corrected chi connectivity index (χ0v) is 15.6. The maximum Gasteiger partial charge on any atom is 0.234 e. The third-order valence-electron chi connectivity index (χ3n) is 3.88. The molecule has 0 saturated heterocycles. The number of anilines is 1. The summed E-state index contributed by atoms with van der Waals surface area (Å²) < 4.78 is 12.3. The predicted octanol–water partition coefficient (Wildman–Crippen LogP) is 2.74. The van der Waals surface area contributed by atoms with Gasteiger partial charge in [-0.15, -0.1) is 5.10 Å². The highest BCUT2D eigenvalue weighted by molar-refractivity contribution is 7.99. The van der Waals surface area contributed by atoms with Gasteiger partial charge < -0.3 is 14.8 Å². The highest BCUT2D eigenvalue weighted by Gasteiger charge is 2.17. The van der Waals surface area contributed by atoms with Crippen molar-refractivity contribution in [2.45, 2.75) is 19.0 Å². The third-order valence-corrected chi connectivity index (χ3v) is 4.80. The zero-order chi connectivity index (χ0) is 18.8. The predicted molar refractivity (Wildman–Crippen MR) is 101 cm³/mol. The largest absolute Gasteiger partial charge is 0.454 e. The number of rotatable bonds is 5. The molecular weight excluding hydrogens is 366 g/mol. The Balaban J connectivity index is 1.43. The number of ether oxygens (including phenoxy) is 2. The molecule has 27 heavy (non-hydrogen) atoms. The quantitative estimate of drug-likeness (QED) is 0.677. The van der Waals surface area contributed by atoms with Crippen molar-refractivity contribution in [1.29, 1.82) is 0 Å². The van der Waals surface area contributed by atoms with Crippen LogP contribution in [-0.2, 0) is 4.79 Å². The molecule has 0 radical (unpaired) electrons. The van der Waals surface area contributed by atoms with Crippen LogP contribution in [0.2, 0.25) is 0 Å². The van der Waals surface area contributed by atoms with E-state index in [0.29, 0.717) is 16.7 Å². The number of aryl methyl sites for hydroxylation is 2. The van der Waals surface area contributed by atoms with Crippen molar-refractivity contribution in [2.75, 3.05) is 17.9 Å². The van der Waals surface area contributed by atoms with E-state index < -0.39 is 0 Å². The number of aromatic nitrogens is 4. The van der Waals surface area contributed by atoms with Gasteiger partial charge in [0.2, 0.25) is 17.9 Å². The van der Waals surface area contributed by atoms with E-state index >= 15 is 0 Å². The molecule has 0 aliphatic carbocycles. The van der Waals surface area contributed by atoms with Gasteiger partial charge in [0.05, 0.1) is 11.4 Å². The summed E-state index contributed by atoms with van der Waals surface area (Å²) >= 11 is 1.26. The minimum atomic E-state index is -0.120. The number of thioether (sulfide) groups is 1.